The quantitative estimate of drug-likeness (QED) is 0.0529. The zero-order valence-electron chi connectivity index (χ0n) is 58.3. The molecule has 0 amide bonds. The monoisotopic (exact) mass is 1690 g/mol. The third-order valence-electron chi connectivity index (χ3n) is 19.0. The molecule has 0 saturated heterocycles. The van der Waals surface area contributed by atoms with E-state index in [-0.39, 0.29) is 55.3 Å². The summed E-state index contributed by atoms with van der Waals surface area (Å²) < 4.78 is 238. The summed E-state index contributed by atoms with van der Waals surface area (Å²) in [5.41, 5.74) is -4.50. The number of allylic oxidation sites excluding steroid dienone is 4. The number of fused-ring (bicyclic) bond motifs is 7. The second kappa shape index (κ2) is 32.4. The average Bonchev–Trinajstić information content (AvgIpc) is 0.835. The number of aliphatic imine (C=N–C) groups is 1. The van der Waals surface area contributed by atoms with Crippen molar-refractivity contribution in [3.63, 3.8) is 0 Å². The molecule has 108 heavy (non-hydrogen) atoms. The van der Waals surface area contributed by atoms with E-state index in [9.17, 15) is 65.9 Å². The first-order chi connectivity index (χ1) is 50.7. The molecule has 11 aromatic carbocycles. The zero-order valence-corrected chi connectivity index (χ0v) is 61.7. The van der Waals surface area contributed by atoms with E-state index in [1.54, 1.807) is 19.9 Å². The van der Waals surface area contributed by atoms with Crippen molar-refractivity contribution in [3.8, 4) is 22.6 Å². The van der Waals surface area contributed by atoms with Crippen molar-refractivity contribution in [2.24, 2.45) is 4.99 Å². The first-order valence-electron chi connectivity index (χ1n) is 34.2. The van der Waals surface area contributed by atoms with Crippen molar-refractivity contribution in [1.82, 2.24) is 0 Å². The van der Waals surface area contributed by atoms with Crippen molar-refractivity contribution in [2.45, 2.75) is 109 Å². The fourth-order valence-electron chi connectivity index (χ4n) is 14.3. The van der Waals surface area contributed by atoms with Crippen LogP contribution < -0.4 is 30.9 Å². The summed E-state index contributed by atoms with van der Waals surface area (Å²) in [5, 5.41) is 4.22. The number of alkyl halides is 15. The average molecular weight is 1690 g/mol. The van der Waals surface area contributed by atoms with Crippen LogP contribution >= 0.6 is 8.60 Å². The third-order valence-corrected chi connectivity index (χ3v) is 20.3. The summed E-state index contributed by atoms with van der Waals surface area (Å²) in [4.78, 5) is 5.07. The molecule has 3 aliphatic rings. The van der Waals surface area contributed by atoms with Crippen LogP contribution in [0.5, 0.6) is 11.5 Å². The van der Waals surface area contributed by atoms with E-state index in [2.05, 4.69) is 85.0 Å². The van der Waals surface area contributed by atoms with Gasteiger partial charge in [0, 0.05) is 49.6 Å². The Morgan fingerprint density at radius 2 is 0.787 bits per heavy atom. The molecule has 0 N–H and O–H groups in total. The SMILES string of the molecule is Cc1cc(C)cc([B-](c2cc(C)cc(C(F)(F)F)c2)(c2cc(C)cc(C(F)(F)F)c2)c2cc(C(F)(F)F)cc(C(F)(F)F)c2)c1.FC(F)(F)c1ccc(C2=N[C@H](C(Cc3ccccc3)(Cc3ccccc3)O[PH+]3Oc4ccc5ccccc5c4-c4c(ccc5ccccc45)O3)CO2)cc1.[C-]1=CCC[C-]=CCC1.[Ir]. The van der Waals surface area contributed by atoms with Crippen LogP contribution in [0.3, 0.4) is 0 Å². The first-order valence-corrected chi connectivity index (χ1v) is 35.4. The number of benzene rings is 11. The Balaban J connectivity index is 0.000000196. The van der Waals surface area contributed by atoms with Gasteiger partial charge in [-0.05, 0) is 115 Å². The maximum atomic E-state index is 14.2. The van der Waals surface area contributed by atoms with Gasteiger partial charge in [0.25, 0.3) is 0 Å². The van der Waals surface area contributed by atoms with Gasteiger partial charge in [0.1, 0.15) is 18.8 Å². The Morgan fingerprint density at radius 1 is 0.417 bits per heavy atom. The number of aryl methyl sites for hydroxylation is 4. The van der Waals surface area contributed by atoms with E-state index in [1.807, 2.05) is 72.8 Å². The molecule has 2 aliphatic heterocycles. The number of hydrogen-bond acceptors (Lipinski definition) is 5. The van der Waals surface area contributed by atoms with E-state index < -0.39 is 101 Å². The van der Waals surface area contributed by atoms with Gasteiger partial charge in [0.2, 0.25) is 5.90 Å². The molecule has 0 unspecified atom stereocenters. The topological polar surface area (TPSA) is 49.3 Å². The molecule has 561 valence electrons. The largest absolute Gasteiger partial charge is 0.500 e. The van der Waals surface area contributed by atoms with Gasteiger partial charge < -0.3 is 16.9 Å². The molecule has 23 heteroatoms. The number of nitrogens with zero attached hydrogens (tertiary/aromatic N) is 1. The summed E-state index contributed by atoms with van der Waals surface area (Å²) in [6, 6.07) is 58.8. The Bertz CT molecular complexity index is 4850. The van der Waals surface area contributed by atoms with Gasteiger partial charge in [-0.1, -0.05) is 211 Å². The van der Waals surface area contributed by atoms with Gasteiger partial charge in [-0.2, -0.15) is 105 Å². The van der Waals surface area contributed by atoms with Crippen molar-refractivity contribution in [3.05, 3.63) is 322 Å². The molecular formula is C85H68BF15IrNO4P-2. The number of hydrogen-bond donors (Lipinski definition) is 0. The molecule has 14 rings (SSSR count). The number of halogens is 15. The Labute approximate surface area is 629 Å². The third kappa shape index (κ3) is 18.1. The van der Waals surface area contributed by atoms with Gasteiger partial charge >= 0.3 is 39.5 Å². The van der Waals surface area contributed by atoms with Crippen LogP contribution in [0.4, 0.5) is 65.9 Å². The standard InChI is InChI=1S/C45H34F3NO4P.C32H24BF12.C8H10.Ir/c46-45(47,48)35-23-19-34(20-24-35)43-49-40(29-50-43)44(27-30-11-3-1-4-12-30,28-31-13-5-2-6-14-31)53-54-51-38-25-21-32-15-7-9-17-36(32)41(38)42-37-18-10-8-16-33(37)22-26-39(42)52-54;1-17-5-18(2)9-25(8-17)33(26-10-19(3)6-21(13-26)29(34,35)36,27-11-20(4)7-22(14-27)30(37,38)39)28-15-23(31(40,41)42)12-24(16-28)32(43,44)45;1-2-4-6-8-7-5-3-1;/h1-26,40,54H,27-29H2;5-16H,1-4H3;1,8H,2,4-5,7H2;/q+1;-1;-2;/t40-;;;/m0.../s1. The fourth-order valence-corrected chi connectivity index (χ4v) is 15.8. The van der Waals surface area contributed by atoms with E-state index >= 15 is 0 Å². The summed E-state index contributed by atoms with van der Waals surface area (Å²) in [6.07, 6.45) is -12.9. The second-order valence-electron chi connectivity index (χ2n) is 26.9. The summed E-state index contributed by atoms with van der Waals surface area (Å²) >= 11 is 0. The number of rotatable bonds is 12. The minimum Gasteiger partial charge on any atom is -0.500 e. The van der Waals surface area contributed by atoms with Crippen molar-refractivity contribution in [1.29, 1.82) is 0 Å². The molecule has 5 nitrogen and oxygen atoms in total. The second-order valence-corrected chi connectivity index (χ2v) is 28.0. The molecule has 1 aliphatic carbocycles. The van der Waals surface area contributed by atoms with Crippen molar-refractivity contribution < 1.29 is 104 Å². The molecule has 0 saturated carbocycles. The van der Waals surface area contributed by atoms with Crippen LogP contribution in [0.2, 0.25) is 0 Å². The first kappa shape index (κ1) is 79.6. The smallest absolute Gasteiger partial charge is 0.486 e. The fraction of sp³-hybridized carbons (Fsp3) is 0.212. The van der Waals surface area contributed by atoms with Crippen LogP contribution in [-0.2, 0) is 73.1 Å². The van der Waals surface area contributed by atoms with E-state index in [0.29, 0.717) is 65.3 Å². The Kier molecular flexibility index (Phi) is 23.9. The van der Waals surface area contributed by atoms with Crippen LogP contribution in [0.25, 0.3) is 32.7 Å². The van der Waals surface area contributed by atoms with Crippen LogP contribution in [0.1, 0.15) is 92.4 Å². The Morgan fingerprint density at radius 3 is 1.20 bits per heavy atom. The minimum atomic E-state index is -5.35. The number of ether oxygens (including phenoxy) is 1. The van der Waals surface area contributed by atoms with Crippen LogP contribution in [0, 0.1) is 39.8 Å². The molecule has 11 aromatic rings. The summed E-state index contributed by atoms with van der Waals surface area (Å²) in [5.74, 6) is 1.57. The van der Waals surface area contributed by atoms with Crippen molar-refractivity contribution >= 4 is 64.0 Å². The summed E-state index contributed by atoms with van der Waals surface area (Å²) in [7, 11) is -2.63. The van der Waals surface area contributed by atoms with E-state index in [0.717, 1.165) is 106 Å². The Hall–Kier alpha value is -9.46. The normalized spacial score (nSPS) is 14.9. The molecule has 0 fully saturated rings. The molecule has 1 radical (unpaired) electrons. The van der Waals surface area contributed by atoms with Crippen LogP contribution in [-0.4, -0.2) is 30.3 Å². The molecule has 0 spiro atoms. The maximum Gasteiger partial charge on any atom is 0.486 e. The molecular weight excluding hydrogens is 1620 g/mol. The van der Waals surface area contributed by atoms with Gasteiger partial charge in [-0.15, -0.1) is 0 Å². The molecule has 0 bridgehead atoms. The van der Waals surface area contributed by atoms with Crippen molar-refractivity contribution in [2.75, 3.05) is 6.61 Å². The predicted molar refractivity (Wildman–Crippen MR) is 391 cm³/mol. The van der Waals surface area contributed by atoms with Crippen LogP contribution in [0.15, 0.2) is 248 Å². The molecule has 2 heterocycles. The van der Waals surface area contributed by atoms with E-state index in [1.165, 1.54) is 38.1 Å². The van der Waals surface area contributed by atoms with E-state index in [4.69, 9.17) is 23.3 Å². The van der Waals surface area contributed by atoms with Gasteiger partial charge in [-0.3, -0.25) is 21.2 Å². The maximum absolute atomic E-state index is 14.2. The molecule has 1 atom stereocenters. The van der Waals surface area contributed by atoms with Gasteiger partial charge in [-0.25, -0.2) is 4.99 Å². The van der Waals surface area contributed by atoms with Gasteiger partial charge in [0.15, 0.2) is 17.1 Å². The molecule has 0 aromatic heterocycles. The summed E-state index contributed by atoms with van der Waals surface area (Å²) in [6.45, 7) is 5.71. The predicted octanol–water partition coefficient (Wildman–Crippen LogP) is 22.1. The van der Waals surface area contributed by atoms with Gasteiger partial charge in [0.05, 0.1) is 27.8 Å². The minimum absolute atomic E-state index is 0. The zero-order chi connectivity index (χ0) is 76.3.